The van der Waals surface area contributed by atoms with Gasteiger partial charge in [0.2, 0.25) is 0 Å². The number of thiocarbonyl (C=S) groups is 1. The van der Waals surface area contributed by atoms with Gasteiger partial charge in [-0.2, -0.15) is 0 Å². The number of nitrogens with two attached hydrogens (primary N) is 2. The molecule has 3 atom stereocenters. The Morgan fingerprint density at radius 1 is 0.426 bits per heavy atom. The summed E-state index contributed by atoms with van der Waals surface area (Å²) in [5.74, 6) is 0. The van der Waals surface area contributed by atoms with Crippen LogP contribution >= 0.6 is 12.2 Å². The first-order valence-electron chi connectivity index (χ1n) is 22.9. The van der Waals surface area contributed by atoms with Gasteiger partial charge in [-0.3, -0.25) is 14.7 Å². The van der Waals surface area contributed by atoms with Gasteiger partial charge in [0.1, 0.15) is 4.99 Å². The molecule has 0 amide bonds. The van der Waals surface area contributed by atoms with Crippen LogP contribution in [-0.4, -0.2) is 75.7 Å². The van der Waals surface area contributed by atoms with E-state index in [0.29, 0.717) is 4.99 Å². The molecule has 3 heterocycles. The minimum atomic E-state index is 0.139. The monoisotopic (exact) mass is 916 g/mol. The molecule has 68 heavy (non-hydrogen) atoms. The van der Waals surface area contributed by atoms with Gasteiger partial charge >= 0.3 is 0 Å². The lowest BCUT2D eigenvalue weighted by molar-refractivity contribution is 0.329. The number of aromatic nitrogens is 3. The molecule has 0 saturated heterocycles. The van der Waals surface area contributed by atoms with Crippen LogP contribution in [0.1, 0.15) is 63.0 Å². The van der Waals surface area contributed by atoms with Crippen LogP contribution in [0.25, 0.3) is 11.4 Å². The molecular formula is C59H64N8S. The van der Waals surface area contributed by atoms with Crippen LogP contribution in [0.5, 0.6) is 0 Å². The summed E-state index contributed by atoms with van der Waals surface area (Å²) in [7, 11) is 12.7. The number of hydrogen-bond acceptors (Lipinski definition) is 5. The van der Waals surface area contributed by atoms with Crippen molar-refractivity contribution in [2.24, 2.45) is 5.73 Å². The second-order valence-electron chi connectivity index (χ2n) is 17.4. The van der Waals surface area contributed by atoms with Crippen molar-refractivity contribution in [3.8, 4) is 11.4 Å². The lowest BCUT2D eigenvalue weighted by Gasteiger charge is -2.27. The normalized spacial score (nSPS) is 12.4. The third kappa shape index (κ3) is 11.8. The molecule has 0 radical (unpaired) electrons. The molecule has 0 fully saturated rings. The smallest absolute Gasteiger partial charge is 0.106 e. The highest BCUT2D eigenvalue weighted by molar-refractivity contribution is 7.80. The van der Waals surface area contributed by atoms with Gasteiger partial charge in [0, 0.05) is 47.8 Å². The second kappa shape index (κ2) is 23.5. The van der Waals surface area contributed by atoms with E-state index < -0.39 is 0 Å². The quantitative estimate of drug-likeness (QED) is 0.0836. The Labute approximate surface area is 408 Å². The van der Waals surface area contributed by atoms with E-state index in [1.165, 1.54) is 39.3 Å². The van der Waals surface area contributed by atoms with Crippen molar-refractivity contribution < 1.29 is 0 Å². The predicted octanol–water partition coefficient (Wildman–Crippen LogP) is 11.7. The first kappa shape index (κ1) is 48.7. The predicted molar refractivity (Wildman–Crippen MR) is 288 cm³/mol. The van der Waals surface area contributed by atoms with Crippen molar-refractivity contribution in [2.45, 2.75) is 24.7 Å². The lowest BCUT2D eigenvalue weighted by atomic mass is 10.0. The number of hydrogen-bond donors (Lipinski definition) is 2. The van der Waals surface area contributed by atoms with Crippen LogP contribution in [0.15, 0.2) is 225 Å². The van der Waals surface area contributed by atoms with Crippen LogP contribution in [0.4, 0.5) is 5.69 Å². The van der Waals surface area contributed by atoms with Crippen molar-refractivity contribution in [1.29, 1.82) is 0 Å². The maximum absolute atomic E-state index is 6.16. The van der Waals surface area contributed by atoms with Crippen molar-refractivity contribution >= 4 is 22.9 Å². The van der Waals surface area contributed by atoms with E-state index in [2.05, 4.69) is 247 Å². The molecule has 4 N–H and O–H groups in total. The van der Waals surface area contributed by atoms with Crippen molar-refractivity contribution in [2.75, 3.05) is 48.0 Å². The highest BCUT2D eigenvalue weighted by Crippen LogP contribution is 2.32. The summed E-state index contributed by atoms with van der Waals surface area (Å²) in [5.41, 5.74) is 24.6. The molecule has 0 aliphatic carbocycles. The Morgan fingerprint density at radius 3 is 1.25 bits per heavy atom. The van der Waals surface area contributed by atoms with Gasteiger partial charge < -0.3 is 25.2 Å². The minimum absolute atomic E-state index is 0.139. The maximum Gasteiger partial charge on any atom is 0.106 e. The van der Waals surface area contributed by atoms with Gasteiger partial charge in [0.25, 0.3) is 0 Å². The van der Waals surface area contributed by atoms with Gasteiger partial charge in [-0.05, 0) is 125 Å². The number of benzene rings is 6. The fraction of sp³-hybridized carbons (Fsp3) is 0.169. The molecule has 0 aliphatic heterocycles. The molecule has 6 aromatic carbocycles. The molecular weight excluding hydrogens is 853 g/mol. The molecule has 9 rings (SSSR count). The Bertz CT molecular complexity index is 2920. The van der Waals surface area contributed by atoms with Crippen LogP contribution in [0, 0.1) is 0 Å². The van der Waals surface area contributed by atoms with E-state index in [1.807, 2.05) is 48.5 Å². The van der Waals surface area contributed by atoms with E-state index in [1.54, 1.807) is 0 Å². The Kier molecular flexibility index (Phi) is 16.8. The van der Waals surface area contributed by atoms with E-state index >= 15 is 0 Å². The Hall–Kier alpha value is -7.27. The summed E-state index contributed by atoms with van der Waals surface area (Å²) in [6.07, 6.45) is 6.30. The second-order valence-corrected chi connectivity index (χ2v) is 17.9. The highest BCUT2D eigenvalue weighted by Gasteiger charge is 2.23. The van der Waals surface area contributed by atoms with E-state index in [4.69, 9.17) is 23.7 Å². The van der Waals surface area contributed by atoms with Gasteiger partial charge in [-0.1, -0.05) is 158 Å². The van der Waals surface area contributed by atoms with E-state index in [-0.39, 0.29) is 18.1 Å². The number of para-hydroxylation sites is 3. The molecule has 0 aliphatic rings. The van der Waals surface area contributed by atoms with E-state index in [0.717, 1.165) is 29.2 Å². The third-order valence-corrected chi connectivity index (χ3v) is 12.2. The van der Waals surface area contributed by atoms with Gasteiger partial charge in [-0.15, -0.1) is 0 Å². The van der Waals surface area contributed by atoms with Crippen molar-refractivity contribution in [3.05, 3.63) is 270 Å². The molecule has 346 valence electrons. The van der Waals surface area contributed by atoms with Crippen molar-refractivity contribution in [3.63, 3.8) is 0 Å². The zero-order chi connectivity index (χ0) is 48.0. The molecule has 3 unspecified atom stereocenters. The molecule has 3 aromatic heterocycles. The molecule has 9 aromatic rings. The number of nitrogens with zero attached hydrogens (tertiary/aromatic N) is 6. The average molecular weight is 917 g/mol. The van der Waals surface area contributed by atoms with E-state index in [9.17, 15) is 0 Å². The molecule has 9 heteroatoms. The summed E-state index contributed by atoms with van der Waals surface area (Å²) in [6, 6.07) is 71.6. The third-order valence-electron chi connectivity index (χ3n) is 12.0. The number of nitrogen functional groups attached to an aromatic ring is 1. The molecule has 0 saturated carbocycles. The first-order chi connectivity index (χ1) is 33.0. The number of anilines is 1. The summed E-state index contributed by atoms with van der Waals surface area (Å²) in [5, 5.41) is 0. The van der Waals surface area contributed by atoms with Crippen LogP contribution in [0.3, 0.4) is 0 Å². The fourth-order valence-electron chi connectivity index (χ4n) is 8.98. The summed E-state index contributed by atoms with van der Waals surface area (Å²) < 4.78 is 6.69. The van der Waals surface area contributed by atoms with Crippen LogP contribution in [0.2, 0.25) is 0 Å². The molecule has 8 nitrogen and oxygen atoms in total. The average Bonchev–Trinajstić information content (AvgIpc) is 4.14. The van der Waals surface area contributed by atoms with Gasteiger partial charge in [0.05, 0.1) is 35.2 Å². The topological polar surface area (TPSA) is 76.5 Å². The van der Waals surface area contributed by atoms with Crippen molar-refractivity contribution in [1.82, 2.24) is 28.4 Å². The zero-order valence-electron chi connectivity index (χ0n) is 40.0. The summed E-state index contributed by atoms with van der Waals surface area (Å²) >= 11 is 5.23. The summed E-state index contributed by atoms with van der Waals surface area (Å²) in [4.78, 5) is 7.11. The molecule has 0 spiro atoms. The van der Waals surface area contributed by atoms with Gasteiger partial charge in [0.15, 0.2) is 0 Å². The largest absolute Gasteiger partial charge is 0.397 e. The van der Waals surface area contributed by atoms with Crippen LogP contribution < -0.4 is 11.5 Å². The van der Waals surface area contributed by atoms with Crippen LogP contribution in [-0.2, 0) is 6.54 Å². The zero-order valence-corrected chi connectivity index (χ0v) is 40.9. The maximum atomic E-state index is 6.16. The number of rotatable bonds is 14. The standard InChI is InChI=1S/C20H21N3S.C20H22N2.C19H21N3/c1-22(2)19(15-9-4-3-5-10-15)18-13-8-14-23(18)17-12-7-6-11-16(17)20(21)24;1-21(2)20(18-12-7-4-8-13-18)19-14-9-15-22(19)16-17-10-5-3-6-11-17;1-21(2)19(15-9-4-3-5-10-15)18-13-8-14-22(18)17-12-7-6-11-16(17)20/h3-14,19H,1-2H3,(H2,21,24);3-15,20H,16H2,1-2H3;3-14,19H,20H2,1-2H3. The Morgan fingerprint density at radius 2 is 0.794 bits per heavy atom. The fourth-order valence-corrected chi connectivity index (χ4v) is 9.15. The lowest BCUT2D eigenvalue weighted by Crippen LogP contribution is -2.24. The summed E-state index contributed by atoms with van der Waals surface area (Å²) in [6.45, 7) is 0.903. The van der Waals surface area contributed by atoms with Gasteiger partial charge in [-0.25, -0.2) is 0 Å². The Balaban J connectivity index is 0.000000151. The highest BCUT2D eigenvalue weighted by atomic mass is 32.1. The first-order valence-corrected chi connectivity index (χ1v) is 23.4. The minimum Gasteiger partial charge on any atom is -0.397 e. The molecule has 0 bridgehead atoms. The SMILES string of the molecule is CN(C)C(c1ccccc1)c1cccn1-c1ccccc1C(N)=S.CN(C)C(c1ccccc1)c1cccn1-c1ccccc1N.CN(C)C(c1ccccc1)c1cccn1Cc1ccccc1.